The Morgan fingerprint density at radius 2 is 1.95 bits per heavy atom. The normalized spacial score (nSPS) is 15.8. The van der Waals surface area contributed by atoms with Crippen LogP contribution in [0, 0.1) is 0 Å². The first-order valence-corrected chi connectivity index (χ1v) is 9.81. The van der Waals surface area contributed by atoms with Gasteiger partial charge in [0.25, 0.3) is 5.91 Å². The number of nitrogens with one attached hydrogen (secondary N) is 1. The summed E-state index contributed by atoms with van der Waals surface area (Å²) in [6.45, 7) is 3.22. The number of carbonyl (C=O) groups is 1. The van der Waals surface area contributed by atoms with E-state index in [1.54, 1.807) is 29.2 Å². The molecule has 1 aromatic carbocycles. The molecule has 0 aliphatic carbocycles. The fourth-order valence-electron chi connectivity index (χ4n) is 2.18. The lowest BCUT2D eigenvalue weighted by Gasteiger charge is -2.27. The van der Waals surface area contributed by atoms with Crippen LogP contribution in [0.15, 0.2) is 24.3 Å². The number of para-hydroxylation sites is 1. The van der Waals surface area contributed by atoms with Crippen molar-refractivity contribution in [3.05, 3.63) is 29.8 Å². The van der Waals surface area contributed by atoms with Crippen molar-refractivity contribution >= 4 is 33.4 Å². The molecule has 1 N–H and O–H groups in total. The number of nitrogens with zero attached hydrogens (tertiary/aromatic N) is 1. The summed E-state index contributed by atoms with van der Waals surface area (Å²) < 4.78 is 26.4. The van der Waals surface area contributed by atoms with Crippen LogP contribution in [0.25, 0.3) is 0 Å². The summed E-state index contributed by atoms with van der Waals surface area (Å²) in [7, 11) is -3.40. The van der Waals surface area contributed by atoms with E-state index in [-0.39, 0.29) is 11.7 Å². The number of amides is 1. The van der Waals surface area contributed by atoms with Crippen molar-refractivity contribution < 1.29 is 13.2 Å². The van der Waals surface area contributed by atoms with Gasteiger partial charge in [0.15, 0.2) is 0 Å². The van der Waals surface area contributed by atoms with Crippen LogP contribution in [-0.4, -0.2) is 49.6 Å². The summed E-state index contributed by atoms with van der Waals surface area (Å²) in [4.78, 5) is 14.3. The van der Waals surface area contributed by atoms with Gasteiger partial charge in [-0.2, -0.15) is 11.8 Å². The predicted molar refractivity (Wildman–Crippen MR) is 87.4 cm³/mol. The molecule has 0 radical (unpaired) electrons. The number of sulfonamides is 1. The van der Waals surface area contributed by atoms with Crippen LogP contribution in [0.2, 0.25) is 0 Å². The van der Waals surface area contributed by atoms with Gasteiger partial charge in [-0.25, -0.2) is 8.42 Å². The molecular formula is C14H20N2O3S2. The van der Waals surface area contributed by atoms with E-state index in [4.69, 9.17) is 0 Å². The molecular weight excluding hydrogens is 308 g/mol. The molecule has 1 saturated heterocycles. The molecule has 0 unspecified atom stereocenters. The van der Waals surface area contributed by atoms with Gasteiger partial charge in [0.2, 0.25) is 10.0 Å². The fourth-order valence-corrected chi connectivity index (χ4v) is 4.24. The van der Waals surface area contributed by atoms with Gasteiger partial charge in [0, 0.05) is 24.6 Å². The maximum atomic E-state index is 12.5. The largest absolute Gasteiger partial charge is 0.337 e. The number of carbonyl (C=O) groups excluding carboxylic acids is 1. The van der Waals surface area contributed by atoms with E-state index in [9.17, 15) is 13.2 Å². The molecule has 1 aliphatic heterocycles. The topological polar surface area (TPSA) is 66.5 Å². The summed E-state index contributed by atoms with van der Waals surface area (Å²) in [6, 6.07) is 6.79. The maximum absolute atomic E-state index is 12.5. The molecule has 7 heteroatoms. The molecule has 116 valence electrons. The second-order valence-electron chi connectivity index (χ2n) is 4.87. The molecule has 1 heterocycles. The Kier molecular flexibility index (Phi) is 5.52. The van der Waals surface area contributed by atoms with Crippen molar-refractivity contribution in [1.82, 2.24) is 4.90 Å². The highest BCUT2D eigenvalue weighted by Crippen LogP contribution is 2.21. The lowest BCUT2D eigenvalue weighted by Crippen LogP contribution is -2.38. The molecule has 0 atom stereocenters. The van der Waals surface area contributed by atoms with Crippen molar-refractivity contribution in [3.63, 3.8) is 0 Å². The van der Waals surface area contributed by atoms with E-state index >= 15 is 0 Å². The second kappa shape index (κ2) is 7.17. The Balaban J connectivity index is 2.22. The maximum Gasteiger partial charge on any atom is 0.256 e. The smallest absolute Gasteiger partial charge is 0.256 e. The molecule has 0 aromatic heterocycles. The quantitative estimate of drug-likeness (QED) is 0.898. The van der Waals surface area contributed by atoms with Crippen LogP contribution in [-0.2, 0) is 10.0 Å². The fraction of sp³-hybridized carbons (Fsp3) is 0.500. The number of hydrogen-bond acceptors (Lipinski definition) is 4. The predicted octanol–water partition coefficient (Wildman–Crippen LogP) is 2.03. The van der Waals surface area contributed by atoms with Gasteiger partial charge in [-0.15, -0.1) is 0 Å². The zero-order chi connectivity index (χ0) is 15.3. The molecule has 1 amide bonds. The number of hydrogen-bond donors (Lipinski definition) is 1. The van der Waals surface area contributed by atoms with Crippen LogP contribution in [0.4, 0.5) is 5.69 Å². The summed E-state index contributed by atoms with van der Waals surface area (Å²) in [5.41, 5.74) is 0.790. The summed E-state index contributed by atoms with van der Waals surface area (Å²) in [5, 5.41) is 0. The molecule has 0 spiro atoms. The third-order valence-corrected chi connectivity index (χ3v) is 5.61. The third-order valence-electron chi connectivity index (χ3n) is 3.19. The molecule has 1 aliphatic rings. The Hall–Kier alpha value is -1.21. The number of thioether (sulfide) groups is 1. The molecule has 1 fully saturated rings. The highest BCUT2D eigenvalue weighted by Gasteiger charge is 2.22. The van der Waals surface area contributed by atoms with Crippen molar-refractivity contribution in [3.8, 4) is 0 Å². The van der Waals surface area contributed by atoms with Crippen molar-refractivity contribution in [1.29, 1.82) is 0 Å². The van der Waals surface area contributed by atoms with Gasteiger partial charge in [0.05, 0.1) is 17.0 Å². The minimum absolute atomic E-state index is 0.0515. The lowest BCUT2D eigenvalue weighted by molar-refractivity contribution is 0.0773. The summed E-state index contributed by atoms with van der Waals surface area (Å²) in [5.74, 6) is 1.80. The van der Waals surface area contributed by atoms with Gasteiger partial charge in [-0.3, -0.25) is 9.52 Å². The van der Waals surface area contributed by atoms with Gasteiger partial charge >= 0.3 is 0 Å². The number of benzene rings is 1. The zero-order valence-electron chi connectivity index (χ0n) is 12.0. The van der Waals surface area contributed by atoms with Gasteiger partial charge in [0.1, 0.15) is 0 Å². The van der Waals surface area contributed by atoms with Crippen molar-refractivity contribution in [2.75, 3.05) is 35.1 Å². The van der Waals surface area contributed by atoms with E-state index in [0.717, 1.165) is 11.5 Å². The van der Waals surface area contributed by atoms with E-state index in [0.29, 0.717) is 30.8 Å². The minimum atomic E-state index is -3.40. The minimum Gasteiger partial charge on any atom is -0.337 e. The number of anilines is 1. The van der Waals surface area contributed by atoms with E-state index in [1.165, 1.54) is 0 Å². The average Bonchev–Trinajstić information content (AvgIpc) is 2.47. The molecule has 1 aromatic rings. The monoisotopic (exact) mass is 328 g/mol. The van der Waals surface area contributed by atoms with Crippen molar-refractivity contribution in [2.24, 2.45) is 0 Å². The Morgan fingerprint density at radius 1 is 1.29 bits per heavy atom. The van der Waals surface area contributed by atoms with E-state index in [1.807, 2.05) is 18.7 Å². The summed E-state index contributed by atoms with van der Waals surface area (Å²) in [6.07, 6.45) is 0.537. The van der Waals surface area contributed by atoms with Crippen LogP contribution >= 0.6 is 11.8 Å². The number of rotatable bonds is 5. The van der Waals surface area contributed by atoms with E-state index < -0.39 is 10.0 Å². The molecule has 0 bridgehead atoms. The molecule has 5 nitrogen and oxygen atoms in total. The highest BCUT2D eigenvalue weighted by molar-refractivity contribution is 7.99. The first kappa shape index (κ1) is 16.2. The summed E-state index contributed by atoms with van der Waals surface area (Å²) >= 11 is 1.83. The van der Waals surface area contributed by atoms with Gasteiger partial charge < -0.3 is 4.90 Å². The standard InChI is InChI=1S/C14H20N2O3S2/c1-2-11-21(18,19)15-13-6-4-3-5-12(13)14(17)16-7-9-20-10-8-16/h3-6,15H,2,7-11H2,1H3. The second-order valence-corrected chi connectivity index (χ2v) is 7.94. The molecule has 2 rings (SSSR count). The van der Waals surface area contributed by atoms with Gasteiger partial charge in [-0.05, 0) is 18.6 Å². The van der Waals surface area contributed by atoms with Gasteiger partial charge in [-0.1, -0.05) is 19.1 Å². The first-order valence-electron chi connectivity index (χ1n) is 7.00. The Bertz CT molecular complexity index is 596. The molecule has 21 heavy (non-hydrogen) atoms. The third kappa shape index (κ3) is 4.38. The Labute approximate surface area is 130 Å². The average molecular weight is 328 g/mol. The highest BCUT2D eigenvalue weighted by atomic mass is 32.2. The van der Waals surface area contributed by atoms with Crippen LogP contribution in [0.3, 0.4) is 0 Å². The molecule has 0 saturated carbocycles. The van der Waals surface area contributed by atoms with Crippen LogP contribution in [0.5, 0.6) is 0 Å². The SMILES string of the molecule is CCCS(=O)(=O)Nc1ccccc1C(=O)N1CCSCC1. The first-order chi connectivity index (χ1) is 10.0. The Morgan fingerprint density at radius 3 is 2.62 bits per heavy atom. The van der Waals surface area contributed by atoms with Crippen LogP contribution in [0.1, 0.15) is 23.7 Å². The van der Waals surface area contributed by atoms with E-state index in [2.05, 4.69) is 4.72 Å². The zero-order valence-corrected chi connectivity index (χ0v) is 13.7. The van der Waals surface area contributed by atoms with Crippen molar-refractivity contribution in [2.45, 2.75) is 13.3 Å². The lowest BCUT2D eigenvalue weighted by atomic mass is 10.1. The van der Waals surface area contributed by atoms with Crippen LogP contribution < -0.4 is 4.72 Å².